The van der Waals surface area contributed by atoms with Gasteiger partial charge in [-0.1, -0.05) is 24.3 Å². The largest absolute Gasteiger partial charge is 0.340 e. The summed E-state index contributed by atoms with van der Waals surface area (Å²) in [5.74, 6) is 0.118. The van der Waals surface area contributed by atoms with Gasteiger partial charge in [-0.15, -0.1) is 0 Å². The second-order valence-corrected chi connectivity index (χ2v) is 6.73. The molecule has 0 saturated heterocycles. The number of sulfonamides is 1. The van der Waals surface area contributed by atoms with E-state index in [2.05, 4.69) is 14.7 Å². The van der Waals surface area contributed by atoms with Crippen LogP contribution in [0.25, 0.3) is 0 Å². The number of nitrogens with one attached hydrogen (secondary N) is 1. The molecule has 0 fully saturated rings. The van der Waals surface area contributed by atoms with Crippen LogP contribution in [0.2, 0.25) is 0 Å². The molecule has 0 spiro atoms. The normalized spacial score (nSPS) is 11.6. The van der Waals surface area contributed by atoms with Gasteiger partial charge in [0.25, 0.3) is 10.0 Å². The smallest absolute Gasteiger partial charge is 0.282 e. The lowest BCUT2D eigenvalue weighted by Gasteiger charge is -2.06. The van der Waals surface area contributed by atoms with E-state index in [9.17, 15) is 12.8 Å². The van der Waals surface area contributed by atoms with Gasteiger partial charge in [-0.3, -0.25) is 0 Å². The van der Waals surface area contributed by atoms with Crippen molar-refractivity contribution < 1.29 is 12.8 Å². The third kappa shape index (κ3) is 4.27. The van der Waals surface area contributed by atoms with Gasteiger partial charge in [0, 0.05) is 17.4 Å². The zero-order chi connectivity index (χ0) is 17.7. The zero-order valence-electron chi connectivity index (χ0n) is 13.0. The lowest BCUT2D eigenvalue weighted by molar-refractivity contribution is 0.598. The SMILES string of the molecule is O=S(=O)(/N=C/c1ccccc1F)c1ccc(Nc2ccccn2)cc1. The zero-order valence-corrected chi connectivity index (χ0v) is 13.8. The van der Waals surface area contributed by atoms with Gasteiger partial charge in [-0.25, -0.2) is 9.37 Å². The molecule has 0 aliphatic carbocycles. The van der Waals surface area contributed by atoms with Gasteiger partial charge in [0.2, 0.25) is 0 Å². The van der Waals surface area contributed by atoms with Crippen molar-refractivity contribution in [1.29, 1.82) is 0 Å². The summed E-state index contributed by atoms with van der Waals surface area (Å²) in [5.41, 5.74) is 0.801. The number of hydrogen-bond acceptors (Lipinski definition) is 4. The molecule has 0 radical (unpaired) electrons. The molecule has 3 aromatic rings. The van der Waals surface area contributed by atoms with Crippen molar-refractivity contribution in [2.45, 2.75) is 4.90 Å². The molecule has 0 saturated carbocycles. The molecule has 3 rings (SSSR count). The van der Waals surface area contributed by atoms with Gasteiger partial charge in [0.05, 0.1) is 11.1 Å². The Balaban J connectivity index is 1.78. The minimum atomic E-state index is -3.91. The van der Waals surface area contributed by atoms with E-state index in [-0.39, 0.29) is 10.5 Å². The number of halogens is 1. The lowest BCUT2D eigenvalue weighted by Crippen LogP contribution is -1.99. The van der Waals surface area contributed by atoms with Gasteiger partial charge in [0.1, 0.15) is 11.6 Å². The third-order valence-corrected chi connectivity index (χ3v) is 4.58. The van der Waals surface area contributed by atoms with E-state index in [0.717, 1.165) is 6.21 Å². The highest BCUT2D eigenvalue weighted by atomic mass is 32.2. The summed E-state index contributed by atoms with van der Waals surface area (Å²) >= 11 is 0. The summed E-state index contributed by atoms with van der Waals surface area (Å²) in [6.07, 6.45) is 2.66. The highest BCUT2D eigenvalue weighted by Crippen LogP contribution is 2.19. The maximum absolute atomic E-state index is 13.5. The Morgan fingerprint density at radius 3 is 2.36 bits per heavy atom. The molecule has 7 heteroatoms. The van der Waals surface area contributed by atoms with Crippen molar-refractivity contribution in [3.8, 4) is 0 Å². The summed E-state index contributed by atoms with van der Waals surface area (Å²) in [4.78, 5) is 4.15. The van der Waals surface area contributed by atoms with Crippen LogP contribution in [0.3, 0.4) is 0 Å². The lowest BCUT2D eigenvalue weighted by atomic mass is 10.2. The van der Waals surface area contributed by atoms with Crippen LogP contribution in [0.1, 0.15) is 5.56 Å². The first-order chi connectivity index (χ1) is 12.0. The molecule has 0 amide bonds. The van der Waals surface area contributed by atoms with Crippen LogP contribution in [0, 0.1) is 5.82 Å². The van der Waals surface area contributed by atoms with Crippen LogP contribution in [0.4, 0.5) is 15.9 Å². The molecule has 1 aromatic heterocycles. The average Bonchev–Trinajstić information content (AvgIpc) is 2.62. The molecule has 2 aromatic carbocycles. The standard InChI is InChI=1S/C18H14FN3O2S/c19-17-6-2-1-5-14(17)13-21-25(23,24)16-10-8-15(9-11-16)22-18-7-3-4-12-20-18/h1-13H,(H,20,22)/b21-13+. The van der Waals surface area contributed by atoms with Crippen molar-refractivity contribution >= 4 is 27.7 Å². The van der Waals surface area contributed by atoms with E-state index in [4.69, 9.17) is 0 Å². The molecule has 0 bridgehead atoms. The van der Waals surface area contributed by atoms with Crippen LogP contribution in [0.5, 0.6) is 0 Å². The van der Waals surface area contributed by atoms with E-state index < -0.39 is 15.8 Å². The molecule has 0 atom stereocenters. The Morgan fingerprint density at radius 2 is 1.68 bits per heavy atom. The first-order valence-electron chi connectivity index (χ1n) is 7.38. The van der Waals surface area contributed by atoms with Crippen LogP contribution in [0.15, 0.2) is 82.2 Å². The highest BCUT2D eigenvalue weighted by Gasteiger charge is 2.12. The summed E-state index contributed by atoms with van der Waals surface area (Å²) in [6.45, 7) is 0. The van der Waals surface area contributed by atoms with Crippen molar-refractivity contribution in [2.75, 3.05) is 5.32 Å². The molecular formula is C18H14FN3O2S. The minimum absolute atomic E-state index is 0.0201. The second-order valence-electron chi connectivity index (χ2n) is 5.10. The van der Waals surface area contributed by atoms with E-state index in [0.29, 0.717) is 11.5 Å². The van der Waals surface area contributed by atoms with E-state index >= 15 is 0 Å². The Bertz CT molecular complexity index is 988. The fourth-order valence-electron chi connectivity index (χ4n) is 2.06. The average molecular weight is 355 g/mol. The maximum Gasteiger partial charge on any atom is 0.282 e. The number of anilines is 2. The van der Waals surface area contributed by atoms with Crippen molar-refractivity contribution in [3.63, 3.8) is 0 Å². The molecule has 0 unspecified atom stereocenters. The van der Waals surface area contributed by atoms with Gasteiger partial charge in [-0.05, 0) is 42.5 Å². The third-order valence-electron chi connectivity index (χ3n) is 3.33. The second kappa shape index (κ2) is 7.23. The van der Waals surface area contributed by atoms with E-state index in [1.165, 1.54) is 30.3 Å². The number of hydrogen-bond donors (Lipinski definition) is 1. The van der Waals surface area contributed by atoms with Crippen molar-refractivity contribution in [1.82, 2.24) is 4.98 Å². The predicted octanol–water partition coefficient (Wildman–Crippen LogP) is 3.77. The van der Waals surface area contributed by atoms with Crippen LogP contribution in [-0.4, -0.2) is 19.6 Å². The Labute approximate surface area is 145 Å². The topological polar surface area (TPSA) is 71.4 Å². The maximum atomic E-state index is 13.5. The van der Waals surface area contributed by atoms with Crippen LogP contribution >= 0.6 is 0 Å². The quantitative estimate of drug-likeness (QED) is 0.707. The number of pyridine rings is 1. The summed E-state index contributed by atoms with van der Waals surface area (Å²) in [7, 11) is -3.91. The van der Waals surface area contributed by atoms with Crippen LogP contribution < -0.4 is 5.32 Å². The summed E-state index contributed by atoms with van der Waals surface area (Å²) in [6, 6.07) is 17.3. The molecule has 0 aliphatic heterocycles. The van der Waals surface area contributed by atoms with Gasteiger partial charge >= 0.3 is 0 Å². The van der Waals surface area contributed by atoms with E-state index in [1.807, 2.05) is 6.07 Å². The van der Waals surface area contributed by atoms with Crippen LogP contribution in [-0.2, 0) is 10.0 Å². The Hall–Kier alpha value is -3.06. The van der Waals surface area contributed by atoms with Crippen molar-refractivity contribution in [3.05, 3.63) is 84.3 Å². The fraction of sp³-hybridized carbons (Fsp3) is 0. The first-order valence-corrected chi connectivity index (χ1v) is 8.82. The predicted molar refractivity (Wildman–Crippen MR) is 95.1 cm³/mol. The molecule has 5 nitrogen and oxygen atoms in total. The molecule has 25 heavy (non-hydrogen) atoms. The molecule has 126 valence electrons. The molecular weight excluding hydrogens is 341 g/mol. The van der Waals surface area contributed by atoms with Gasteiger partial charge in [0.15, 0.2) is 0 Å². The van der Waals surface area contributed by atoms with E-state index in [1.54, 1.807) is 36.5 Å². The van der Waals surface area contributed by atoms with Gasteiger partial charge in [-0.2, -0.15) is 12.8 Å². The fourth-order valence-corrected chi connectivity index (χ4v) is 2.92. The van der Waals surface area contributed by atoms with Crippen molar-refractivity contribution in [2.24, 2.45) is 4.40 Å². The number of benzene rings is 2. The summed E-state index contributed by atoms with van der Waals surface area (Å²) < 4.78 is 41.5. The number of nitrogens with zero attached hydrogens (tertiary/aromatic N) is 2. The number of rotatable bonds is 5. The molecule has 0 aliphatic rings. The molecule has 1 N–H and O–H groups in total. The highest BCUT2D eigenvalue weighted by molar-refractivity contribution is 7.90. The minimum Gasteiger partial charge on any atom is -0.340 e. The Morgan fingerprint density at radius 1 is 0.960 bits per heavy atom. The van der Waals surface area contributed by atoms with Gasteiger partial charge < -0.3 is 5.32 Å². The first kappa shape index (κ1) is 16.8. The summed E-state index contributed by atoms with van der Waals surface area (Å²) in [5, 5.41) is 3.05. The monoisotopic (exact) mass is 355 g/mol. The molecule has 1 heterocycles. The Kier molecular flexibility index (Phi) is 4.85. The number of aromatic nitrogens is 1.